The number of anilines is 1. The van der Waals surface area contributed by atoms with Crippen molar-refractivity contribution in [3.05, 3.63) is 23.4 Å². The van der Waals surface area contributed by atoms with Crippen molar-refractivity contribution in [2.24, 2.45) is 5.73 Å². The SMILES string of the molecule is Cc1cc(CN)cnc1N1CCCN(C)CC1C. The summed E-state index contributed by atoms with van der Waals surface area (Å²) in [6, 6.07) is 2.66. The highest BCUT2D eigenvalue weighted by molar-refractivity contribution is 5.48. The van der Waals surface area contributed by atoms with Crippen LogP contribution in [0.2, 0.25) is 0 Å². The first-order chi connectivity index (χ1) is 8.61. The van der Waals surface area contributed by atoms with E-state index in [4.69, 9.17) is 5.73 Å². The Morgan fingerprint density at radius 2 is 2.22 bits per heavy atom. The first kappa shape index (κ1) is 13.3. The van der Waals surface area contributed by atoms with Gasteiger partial charge in [0.25, 0.3) is 0 Å². The summed E-state index contributed by atoms with van der Waals surface area (Å²) in [5.74, 6) is 1.12. The fourth-order valence-corrected chi connectivity index (χ4v) is 2.73. The van der Waals surface area contributed by atoms with E-state index in [1.807, 2.05) is 6.20 Å². The average Bonchev–Trinajstić information content (AvgIpc) is 2.50. The minimum atomic E-state index is 0.507. The molecule has 2 rings (SSSR count). The Labute approximate surface area is 110 Å². The predicted molar refractivity (Wildman–Crippen MR) is 75.8 cm³/mol. The fraction of sp³-hybridized carbons (Fsp3) is 0.643. The number of aromatic nitrogens is 1. The largest absolute Gasteiger partial charge is 0.352 e. The standard InChI is InChI=1S/C14H24N4/c1-11-7-13(8-15)9-16-14(11)18-6-4-5-17(3)10-12(18)2/h7,9,12H,4-6,8,10,15H2,1-3H3. The van der Waals surface area contributed by atoms with Crippen molar-refractivity contribution in [2.75, 3.05) is 31.6 Å². The highest BCUT2D eigenvalue weighted by Crippen LogP contribution is 2.22. The molecule has 1 atom stereocenters. The van der Waals surface area contributed by atoms with Gasteiger partial charge in [0.05, 0.1) is 0 Å². The summed E-state index contributed by atoms with van der Waals surface area (Å²) >= 11 is 0. The molecule has 2 N–H and O–H groups in total. The summed E-state index contributed by atoms with van der Waals surface area (Å²) < 4.78 is 0. The lowest BCUT2D eigenvalue weighted by molar-refractivity contribution is 0.337. The van der Waals surface area contributed by atoms with Gasteiger partial charge in [-0.3, -0.25) is 0 Å². The quantitative estimate of drug-likeness (QED) is 0.859. The zero-order chi connectivity index (χ0) is 13.1. The molecule has 1 aromatic rings. The molecule has 18 heavy (non-hydrogen) atoms. The molecule has 1 saturated heterocycles. The summed E-state index contributed by atoms with van der Waals surface area (Å²) in [4.78, 5) is 9.44. The third kappa shape index (κ3) is 2.82. The molecule has 100 valence electrons. The van der Waals surface area contributed by atoms with Gasteiger partial charge in [-0.05, 0) is 51.1 Å². The van der Waals surface area contributed by atoms with Crippen LogP contribution >= 0.6 is 0 Å². The van der Waals surface area contributed by atoms with Crippen molar-refractivity contribution in [2.45, 2.75) is 32.9 Å². The molecule has 1 aliphatic rings. The smallest absolute Gasteiger partial charge is 0.131 e. The lowest BCUT2D eigenvalue weighted by Gasteiger charge is -2.30. The van der Waals surface area contributed by atoms with E-state index in [-0.39, 0.29) is 0 Å². The summed E-state index contributed by atoms with van der Waals surface area (Å²) in [6.07, 6.45) is 3.10. The highest BCUT2D eigenvalue weighted by Gasteiger charge is 2.21. The zero-order valence-corrected chi connectivity index (χ0v) is 11.7. The van der Waals surface area contributed by atoms with Crippen LogP contribution in [0.5, 0.6) is 0 Å². The van der Waals surface area contributed by atoms with Crippen LogP contribution in [-0.2, 0) is 6.54 Å². The van der Waals surface area contributed by atoms with Gasteiger partial charge < -0.3 is 15.5 Å². The molecular weight excluding hydrogens is 224 g/mol. The van der Waals surface area contributed by atoms with Gasteiger partial charge in [-0.2, -0.15) is 0 Å². The second-order valence-corrected chi connectivity index (χ2v) is 5.35. The molecule has 0 radical (unpaired) electrons. The molecule has 0 aromatic carbocycles. The van der Waals surface area contributed by atoms with Crippen molar-refractivity contribution in [1.29, 1.82) is 0 Å². The van der Waals surface area contributed by atoms with Gasteiger partial charge in [0, 0.05) is 31.9 Å². The van der Waals surface area contributed by atoms with Crippen molar-refractivity contribution in [1.82, 2.24) is 9.88 Å². The Morgan fingerprint density at radius 1 is 1.44 bits per heavy atom. The van der Waals surface area contributed by atoms with Gasteiger partial charge in [-0.25, -0.2) is 4.98 Å². The Kier molecular flexibility index (Phi) is 4.19. The first-order valence-electron chi connectivity index (χ1n) is 6.72. The predicted octanol–water partition coefficient (Wildman–Crippen LogP) is 1.38. The van der Waals surface area contributed by atoms with Gasteiger partial charge in [-0.1, -0.05) is 0 Å². The zero-order valence-electron chi connectivity index (χ0n) is 11.7. The Bertz CT molecular complexity index is 405. The van der Waals surface area contributed by atoms with Gasteiger partial charge in [0.1, 0.15) is 5.82 Å². The Morgan fingerprint density at radius 3 is 2.89 bits per heavy atom. The van der Waals surface area contributed by atoms with E-state index in [9.17, 15) is 0 Å². The van der Waals surface area contributed by atoms with Crippen LogP contribution in [0.1, 0.15) is 24.5 Å². The molecular formula is C14H24N4. The number of rotatable bonds is 2. The number of hydrogen-bond donors (Lipinski definition) is 1. The van der Waals surface area contributed by atoms with Gasteiger partial charge >= 0.3 is 0 Å². The second-order valence-electron chi connectivity index (χ2n) is 5.35. The van der Waals surface area contributed by atoms with Crippen molar-refractivity contribution in [3.63, 3.8) is 0 Å². The van der Waals surface area contributed by atoms with Crippen LogP contribution in [0.3, 0.4) is 0 Å². The summed E-state index contributed by atoms with van der Waals surface area (Å²) in [6.45, 7) is 8.32. The normalized spacial score (nSPS) is 22.0. The number of likely N-dealkylation sites (N-methyl/N-ethyl adjacent to an activating group) is 1. The minimum Gasteiger partial charge on any atom is -0.352 e. The molecule has 1 unspecified atom stereocenters. The summed E-state index contributed by atoms with van der Waals surface area (Å²) in [7, 11) is 2.19. The summed E-state index contributed by atoms with van der Waals surface area (Å²) in [5, 5.41) is 0. The van der Waals surface area contributed by atoms with Gasteiger partial charge in [0.15, 0.2) is 0 Å². The van der Waals surface area contributed by atoms with Gasteiger partial charge in [-0.15, -0.1) is 0 Å². The molecule has 0 aliphatic carbocycles. The summed E-state index contributed by atoms with van der Waals surface area (Å²) in [5.41, 5.74) is 8.00. The van der Waals surface area contributed by atoms with Crippen LogP contribution in [0.15, 0.2) is 12.3 Å². The molecule has 4 nitrogen and oxygen atoms in total. The van der Waals surface area contributed by atoms with E-state index >= 15 is 0 Å². The average molecular weight is 248 g/mol. The number of pyridine rings is 1. The van der Waals surface area contributed by atoms with Crippen LogP contribution in [0.4, 0.5) is 5.82 Å². The monoisotopic (exact) mass is 248 g/mol. The molecule has 1 aromatic heterocycles. The Balaban J connectivity index is 2.24. The molecule has 0 spiro atoms. The van der Waals surface area contributed by atoms with E-state index in [1.54, 1.807) is 0 Å². The first-order valence-corrected chi connectivity index (χ1v) is 6.72. The van der Waals surface area contributed by atoms with E-state index in [0.29, 0.717) is 12.6 Å². The lowest BCUT2D eigenvalue weighted by Crippen LogP contribution is -2.38. The number of hydrogen-bond acceptors (Lipinski definition) is 4. The van der Waals surface area contributed by atoms with E-state index in [0.717, 1.165) is 24.5 Å². The molecule has 1 fully saturated rings. The van der Waals surface area contributed by atoms with Crippen molar-refractivity contribution in [3.8, 4) is 0 Å². The maximum absolute atomic E-state index is 5.66. The van der Waals surface area contributed by atoms with E-state index < -0.39 is 0 Å². The lowest BCUT2D eigenvalue weighted by atomic mass is 10.1. The van der Waals surface area contributed by atoms with Crippen molar-refractivity contribution >= 4 is 5.82 Å². The third-order valence-corrected chi connectivity index (χ3v) is 3.66. The van der Waals surface area contributed by atoms with E-state index in [1.165, 1.54) is 18.5 Å². The minimum absolute atomic E-state index is 0.507. The molecule has 0 amide bonds. The third-order valence-electron chi connectivity index (χ3n) is 3.66. The topological polar surface area (TPSA) is 45.4 Å². The number of nitrogens with zero attached hydrogens (tertiary/aromatic N) is 3. The Hall–Kier alpha value is -1.13. The fourth-order valence-electron chi connectivity index (χ4n) is 2.73. The maximum Gasteiger partial charge on any atom is 0.131 e. The highest BCUT2D eigenvalue weighted by atomic mass is 15.3. The van der Waals surface area contributed by atoms with Gasteiger partial charge in [0.2, 0.25) is 0 Å². The van der Waals surface area contributed by atoms with Crippen LogP contribution in [-0.4, -0.2) is 42.6 Å². The molecule has 0 bridgehead atoms. The molecule has 1 aliphatic heterocycles. The molecule has 4 heteroatoms. The van der Waals surface area contributed by atoms with E-state index in [2.05, 4.69) is 41.7 Å². The molecule has 2 heterocycles. The number of aryl methyl sites for hydroxylation is 1. The van der Waals surface area contributed by atoms with Crippen molar-refractivity contribution < 1.29 is 0 Å². The molecule has 0 saturated carbocycles. The second kappa shape index (κ2) is 5.67. The maximum atomic E-state index is 5.66. The van der Waals surface area contributed by atoms with Crippen LogP contribution < -0.4 is 10.6 Å². The van der Waals surface area contributed by atoms with Crippen LogP contribution in [0, 0.1) is 6.92 Å². The van der Waals surface area contributed by atoms with Crippen LogP contribution in [0.25, 0.3) is 0 Å². The number of nitrogens with two attached hydrogens (primary N) is 1.